The minimum atomic E-state index is -4.00. The van der Waals surface area contributed by atoms with E-state index in [1.165, 1.54) is 18.2 Å². The van der Waals surface area contributed by atoms with E-state index in [4.69, 9.17) is 21.7 Å². The van der Waals surface area contributed by atoms with E-state index in [0.717, 1.165) is 16.8 Å². The van der Waals surface area contributed by atoms with Crippen molar-refractivity contribution in [3.05, 3.63) is 59.0 Å². The summed E-state index contributed by atoms with van der Waals surface area (Å²) in [6.07, 6.45) is 0.778. The molecule has 2 aromatic carbocycles. The predicted molar refractivity (Wildman–Crippen MR) is 132 cm³/mol. The average molecular weight is 523 g/mol. The zero-order valence-electron chi connectivity index (χ0n) is 18.3. The zero-order chi connectivity index (χ0) is 24.9. The molecule has 2 aromatic rings. The summed E-state index contributed by atoms with van der Waals surface area (Å²) in [4.78, 5) is 26.6. The monoisotopic (exact) mass is 522 g/mol. The quantitative estimate of drug-likeness (QED) is 0.357. The van der Waals surface area contributed by atoms with E-state index in [2.05, 4.69) is 4.83 Å². The Morgan fingerprint density at radius 3 is 2.53 bits per heavy atom. The number of carbonyl (C=O) groups excluding carboxylic acids is 1. The number of thioether (sulfide) groups is 1. The summed E-state index contributed by atoms with van der Waals surface area (Å²) in [7, 11) is -4.00. The van der Waals surface area contributed by atoms with Gasteiger partial charge in [-0.3, -0.25) is 4.79 Å². The maximum atomic E-state index is 12.9. The Kier molecular flexibility index (Phi) is 8.31. The van der Waals surface area contributed by atoms with Crippen LogP contribution in [0.4, 0.5) is 0 Å². The van der Waals surface area contributed by atoms with Crippen molar-refractivity contribution in [2.45, 2.75) is 31.3 Å². The number of aliphatic carboxylic acids is 1. The molecule has 12 heteroatoms. The van der Waals surface area contributed by atoms with Gasteiger partial charge >= 0.3 is 5.97 Å². The fourth-order valence-corrected chi connectivity index (χ4v) is 5.24. The Bertz CT molecular complexity index is 1230. The maximum Gasteiger partial charge on any atom is 0.344 e. The molecule has 0 aliphatic carbocycles. The summed E-state index contributed by atoms with van der Waals surface area (Å²) < 4.78 is 36.4. The molecule has 34 heavy (non-hydrogen) atoms. The minimum Gasteiger partial charge on any atom is -0.490 e. The van der Waals surface area contributed by atoms with E-state index in [1.54, 1.807) is 50.2 Å². The van der Waals surface area contributed by atoms with Gasteiger partial charge in [0.25, 0.3) is 15.9 Å². The van der Waals surface area contributed by atoms with Crippen LogP contribution in [0, 0.1) is 0 Å². The highest BCUT2D eigenvalue weighted by molar-refractivity contribution is 8.26. The van der Waals surface area contributed by atoms with Crippen molar-refractivity contribution < 1.29 is 32.6 Å². The highest BCUT2D eigenvalue weighted by Crippen LogP contribution is 2.35. The number of carbonyl (C=O) groups is 2. The Balaban J connectivity index is 1.84. The van der Waals surface area contributed by atoms with Crippen LogP contribution in [0.3, 0.4) is 0 Å². The molecule has 9 nitrogen and oxygen atoms in total. The third kappa shape index (κ3) is 5.95. The number of amides is 1. The summed E-state index contributed by atoms with van der Waals surface area (Å²) in [6.45, 7) is 3.78. The summed E-state index contributed by atoms with van der Waals surface area (Å²) in [5.74, 6) is -1.13. The van der Waals surface area contributed by atoms with Crippen molar-refractivity contribution in [1.29, 1.82) is 0 Å². The second-order valence-corrected chi connectivity index (χ2v) is 10.3. The first kappa shape index (κ1) is 25.7. The van der Waals surface area contributed by atoms with E-state index in [0.29, 0.717) is 17.9 Å². The standard InChI is InChI=1S/C22H22N2O7S3/c1-3-16(21(26)27)31-17-11-10-14(12-18(17)30-4-2)13-19-20(25)24(22(32)33-19)23-34(28,29)15-8-6-5-7-9-15/h5-13,16,23H,3-4H2,1-2H3,(H,26,27)/b19-13+. The number of sulfonamides is 1. The topological polar surface area (TPSA) is 122 Å². The molecule has 1 aliphatic rings. The summed E-state index contributed by atoms with van der Waals surface area (Å²) in [6, 6.07) is 12.4. The van der Waals surface area contributed by atoms with Gasteiger partial charge in [-0.15, -0.1) is 4.83 Å². The van der Waals surface area contributed by atoms with Gasteiger partial charge in [-0.1, -0.05) is 55.2 Å². The second kappa shape index (κ2) is 11.0. The number of ether oxygens (including phenoxy) is 2. The van der Waals surface area contributed by atoms with E-state index in [-0.39, 0.29) is 26.3 Å². The molecule has 0 aromatic heterocycles. The van der Waals surface area contributed by atoms with Crippen molar-refractivity contribution >= 4 is 56.3 Å². The fraction of sp³-hybridized carbons (Fsp3) is 0.227. The van der Waals surface area contributed by atoms with Crippen LogP contribution >= 0.6 is 24.0 Å². The van der Waals surface area contributed by atoms with Crippen molar-refractivity contribution in [3.63, 3.8) is 0 Å². The number of hydrazine groups is 1. The SMILES string of the molecule is CCOc1cc(/C=C2/SC(=S)N(NS(=O)(=O)c3ccccc3)C2=O)ccc1OC(CC)C(=O)O. The average Bonchev–Trinajstić information content (AvgIpc) is 3.06. The molecule has 2 N–H and O–H groups in total. The summed E-state index contributed by atoms with van der Waals surface area (Å²) >= 11 is 6.15. The molecule has 0 radical (unpaired) electrons. The van der Waals surface area contributed by atoms with Crippen LogP contribution in [0.25, 0.3) is 6.08 Å². The number of benzene rings is 2. The van der Waals surface area contributed by atoms with Crippen LogP contribution in [0.1, 0.15) is 25.8 Å². The number of thiocarbonyl (C=S) groups is 1. The number of nitrogens with zero attached hydrogens (tertiary/aromatic N) is 1. The van der Waals surface area contributed by atoms with Crippen molar-refractivity contribution in [2.75, 3.05) is 6.61 Å². The number of carboxylic acids is 1. The first-order valence-electron chi connectivity index (χ1n) is 10.2. The lowest BCUT2D eigenvalue weighted by atomic mass is 10.1. The highest BCUT2D eigenvalue weighted by Gasteiger charge is 2.35. The Labute approximate surface area is 206 Å². The molecule has 1 aliphatic heterocycles. The zero-order valence-corrected chi connectivity index (χ0v) is 20.7. The van der Waals surface area contributed by atoms with Gasteiger partial charge in [0.2, 0.25) is 0 Å². The lowest BCUT2D eigenvalue weighted by molar-refractivity contribution is -0.145. The lowest BCUT2D eigenvalue weighted by Gasteiger charge is -2.17. The molecule has 1 atom stereocenters. The van der Waals surface area contributed by atoms with E-state index < -0.39 is 28.0 Å². The first-order valence-corrected chi connectivity index (χ1v) is 12.9. The van der Waals surface area contributed by atoms with Gasteiger partial charge in [-0.25, -0.2) is 18.2 Å². The molecular formula is C22H22N2O7S3. The number of carboxylic acid groups (broad SMARTS) is 1. The first-order chi connectivity index (χ1) is 16.2. The lowest BCUT2D eigenvalue weighted by Crippen LogP contribution is -2.44. The molecule has 3 rings (SSSR count). The van der Waals surface area contributed by atoms with Gasteiger partial charge in [0.05, 0.1) is 16.4 Å². The van der Waals surface area contributed by atoms with Crippen LogP contribution in [0.15, 0.2) is 58.3 Å². The van der Waals surface area contributed by atoms with E-state index in [1.807, 2.05) is 0 Å². The Morgan fingerprint density at radius 2 is 1.91 bits per heavy atom. The van der Waals surface area contributed by atoms with Gasteiger partial charge in [0.1, 0.15) is 0 Å². The van der Waals surface area contributed by atoms with E-state index in [9.17, 15) is 23.1 Å². The molecule has 1 unspecified atom stereocenters. The Morgan fingerprint density at radius 1 is 1.21 bits per heavy atom. The van der Waals surface area contributed by atoms with E-state index >= 15 is 0 Å². The normalized spacial score (nSPS) is 16.1. The molecule has 1 saturated heterocycles. The van der Waals surface area contributed by atoms with Gasteiger partial charge in [0.15, 0.2) is 21.9 Å². The van der Waals surface area contributed by atoms with Crippen LogP contribution in [-0.2, 0) is 19.6 Å². The molecule has 1 heterocycles. The number of nitrogens with one attached hydrogen (secondary N) is 1. The van der Waals surface area contributed by atoms with Crippen molar-refractivity contribution in [2.24, 2.45) is 0 Å². The molecule has 0 saturated carbocycles. The molecule has 0 spiro atoms. The van der Waals surface area contributed by atoms with Gasteiger partial charge in [-0.05, 0) is 49.2 Å². The van der Waals surface area contributed by atoms with Crippen LogP contribution < -0.4 is 14.3 Å². The number of hydrogen-bond acceptors (Lipinski definition) is 8. The summed E-state index contributed by atoms with van der Waals surface area (Å²) in [5.41, 5.74) is 0.561. The third-order valence-corrected chi connectivity index (χ3v) is 7.16. The van der Waals surface area contributed by atoms with Gasteiger partial charge in [0, 0.05) is 0 Å². The number of hydrogen-bond donors (Lipinski definition) is 2. The van der Waals surface area contributed by atoms with Crippen LogP contribution in [-0.4, -0.2) is 47.4 Å². The molecule has 180 valence electrons. The molecule has 1 amide bonds. The van der Waals surface area contributed by atoms with Crippen molar-refractivity contribution in [1.82, 2.24) is 9.84 Å². The van der Waals surface area contributed by atoms with Gasteiger partial charge < -0.3 is 14.6 Å². The summed E-state index contributed by atoms with van der Waals surface area (Å²) in [5, 5.41) is 10.1. The third-order valence-electron chi connectivity index (χ3n) is 4.54. The van der Waals surface area contributed by atoms with Gasteiger partial charge in [-0.2, -0.15) is 0 Å². The Hall–Kier alpha value is -2.93. The number of rotatable bonds is 10. The minimum absolute atomic E-state index is 0.00304. The smallest absolute Gasteiger partial charge is 0.344 e. The molecule has 0 bridgehead atoms. The maximum absolute atomic E-state index is 12.9. The highest BCUT2D eigenvalue weighted by atomic mass is 32.2. The molecule has 1 fully saturated rings. The predicted octanol–water partition coefficient (Wildman–Crippen LogP) is 3.42. The largest absolute Gasteiger partial charge is 0.490 e. The molecular weight excluding hydrogens is 500 g/mol. The second-order valence-electron chi connectivity index (χ2n) is 6.92. The van der Waals surface area contributed by atoms with Crippen LogP contribution in [0.2, 0.25) is 0 Å². The van der Waals surface area contributed by atoms with Crippen LogP contribution in [0.5, 0.6) is 11.5 Å². The fourth-order valence-electron chi connectivity index (χ4n) is 2.91. The van der Waals surface area contributed by atoms with Crippen molar-refractivity contribution in [3.8, 4) is 11.5 Å².